The number of hydrogen-bond donors (Lipinski definition) is 0. The van der Waals surface area contributed by atoms with Crippen LogP contribution in [-0.4, -0.2) is 16.9 Å². The minimum atomic E-state index is 0.839. The van der Waals surface area contributed by atoms with Crippen LogP contribution in [0.25, 0.3) is 22.2 Å². The van der Waals surface area contributed by atoms with Crippen molar-refractivity contribution in [2.75, 3.05) is 7.11 Å². The fraction of sp³-hybridized carbons (Fsp3) is 0.133. The number of ether oxygens (including phenoxy) is 1. The van der Waals surface area contributed by atoms with Gasteiger partial charge in [-0.05, 0) is 30.3 Å². The summed E-state index contributed by atoms with van der Waals surface area (Å²) >= 11 is 3.51. The first-order valence-corrected chi connectivity index (χ1v) is 6.75. The normalized spacial score (nSPS) is 10.9. The summed E-state index contributed by atoms with van der Waals surface area (Å²) in [6, 6.07) is 14.2. The van der Waals surface area contributed by atoms with Gasteiger partial charge in [-0.25, -0.2) is 0 Å². The van der Waals surface area contributed by atoms with Gasteiger partial charge in [0, 0.05) is 22.5 Å². The molecule has 19 heavy (non-hydrogen) atoms. The average molecular weight is 317 g/mol. The highest BCUT2D eigenvalue weighted by Gasteiger charge is 2.11. The molecule has 0 unspecified atom stereocenters. The van der Waals surface area contributed by atoms with Gasteiger partial charge in [0.25, 0.3) is 0 Å². The number of fused-ring (bicyclic) bond motifs is 1. The summed E-state index contributed by atoms with van der Waals surface area (Å²) in [5, 5.41) is 5.75. The Labute approximate surface area is 119 Å². The molecule has 3 aromatic rings. The molecule has 96 valence electrons. The Bertz CT molecular complexity index is 749. The van der Waals surface area contributed by atoms with Crippen LogP contribution in [0.4, 0.5) is 0 Å². The molecule has 3 nitrogen and oxygen atoms in total. The largest absolute Gasteiger partial charge is 0.497 e. The molecule has 4 heteroatoms. The van der Waals surface area contributed by atoms with Crippen molar-refractivity contribution in [2.24, 2.45) is 7.05 Å². The van der Waals surface area contributed by atoms with Gasteiger partial charge < -0.3 is 4.74 Å². The zero-order valence-corrected chi connectivity index (χ0v) is 12.3. The van der Waals surface area contributed by atoms with Crippen LogP contribution in [0, 0.1) is 0 Å². The van der Waals surface area contributed by atoms with Crippen molar-refractivity contribution in [1.29, 1.82) is 0 Å². The lowest BCUT2D eigenvalue weighted by atomic mass is 10.1. The van der Waals surface area contributed by atoms with E-state index in [1.54, 1.807) is 7.11 Å². The topological polar surface area (TPSA) is 27.1 Å². The van der Waals surface area contributed by atoms with E-state index < -0.39 is 0 Å². The standard InChI is InChI=1S/C15H13BrN2O/c1-18-14-7-6-11(16)9-13(14)15(17-18)10-4-3-5-12(8-10)19-2/h3-9H,1-2H3. The summed E-state index contributed by atoms with van der Waals surface area (Å²) in [5.41, 5.74) is 3.14. The van der Waals surface area contributed by atoms with Crippen LogP contribution in [0.5, 0.6) is 5.75 Å². The van der Waals surface area contributed by atoms with E-state index in [2.05, 4.69) is 33.2 Å². The minimum Gasteiger partial charge on any atom is -0.497 e. The molecule has 0 aliphatic heterocycles. The van der Waals surface area contributed by atoms with Gasteiger partial charge in [-0.1, -0.05) is 28.1 Å². The molecule has 1 heterocycles. The monoisotopic (exact) mass is 316 g/mol. The highest BCUT2D eigenvalue weighted by atomic mass is 79.9. The van der Waals surface area contributed by atoms with E-state index in [1.807, 2.05) is 42.1 Å². The number of benzene rings is 2. The molecule has 0 saturated heterocycles. The number of aryl methyl sites for hydroxylation is 1. The van der Waals surface area contributed by atoms with Crippen molar-refractivity contribution in [3.8, 4) is 17.0 Å². The third-order valence-electron chi connectivity index (χ3n) is 3.16. The zero-order valence-electron chi connectivity index (χ0n) is 10.7. The van der Waals surface area contributed by atoms with Gasteiger partial charge >= 0.3 is 0 Å². The molecule has 0 aliphatic rings. The molecule has 0 bridgehead atoms. The third kappa shape index (κ3) is 2.12. The molecule has 0 atom stereocenters. The summed E-state index contributed by atoms with van der Waals surface area (Å²) in [7, 11) is 3.63. The molecule has 0 fully saturated rings. The molecule has 0 amide bonds. The smallest absolute Gasteiger partial charge is 0.119 e. The lowest BCUT2D eigenvalue weighted by molar-refractivity contribution is 0.415. The molecule has 0 radical (unpaired) electrons. The maximum atomic E-state index is 5.28. The fourth-order valence-corrected chi connectivity index (χ4v) is 2.58. The second kappa shape index (κ2) is 4.70. The Morgan fingerprint density at radius 1 is 1.16 bits per heavy atom. The lowest BCUT2D eigenvalue weighted by Gasteiger charge is -2.02. The van der Waals surface area contributed by atoms with Gasteiger partial charge in [0.1, 0.15) is 11.4 Å². The van der Waals surface area contributed by atoms with E-state index in [0.29, 0.717) is 0 Å². The van der Waals surface area contributed by atoms with Crippen molar-refractivity contribution in [2.45, 2.75) is 0 Å². The second-order valence-electron chi connectivity index (χ2n) is 4.37. The van der Waals surface area contributed by atoms with Crippen molar-refractivity contribution < 1.29 is 4.74 Å². The van der Waals surface area contributed by atoms with Gasteiger partial charge in [0.15, 0.2) is 0 Å². The molecule has 0 N–H and O–H groups in total. The Morgan fingerprint density at radius 3 is 2.79 bits per heavy atom. The molecule has 2 aromatic carbocycles. The predicted octanol–water partition coefficient (Wildman–Crippen LogP) is 4.01. The fourth-order valence-electron chi connectivity index (χ4n) is 2.22. The molecule has 1 aromatic heterocycles. The lowest BCUT2D eigenvalue weighted by Crippen LogP contribution is -1.89. The number of hydrogen-bond acceptors (Lipinski definition) is 2. The van der Waals surface area contributed by atoms with E-state index in [-0.39, 0.29) is 0 Å². The summed E-state index contributed by atoms with van der Waals surface area (Å²) in [6.45, 7) is 0. The van der Waals surface area contributed by atoms with Crippen LogP contribution in [0.2, 0.25) is 0 Å². The average Bonchev–Trinajstić information content (AvgIpc) is 2.75. The van der Waals surface area contributed by atoms with E-state index in [1.165, 1.54) is 0 Å². The number of methoxy groups -OCH3 is 1. The van der Waals surface area contributed by atoms with E-state index in [9.17, 15) is 0 Å². The van der Waals surface area contributed by atoms with Gasteiger partial charge in [-0.3, -0.25) is 4.68 Å². The SMILES string of the molecule is COc1cccc(-c2nn(C)c3ccc(Br)cc23)c1. The van der Waals surface area contributed by atoms with Crippen molar-refractivity contribution in [1.82, 2.24) is 9.78 Å². The number of halogens is 1. The first-order valence-electron chi connectivity index (χ1n) is 5.96. The Hall–Kier alpha value is -1.81. The first kappa shape index (κ1) is 12.2. The van der Waals surface area contributed by atoms with Gasteiger partial charge in [-0.15, -0.1) is 0 Å². The Morgan fingerprint density at radius 2 is 2.00 bits per heavy atom. The Balaban J connectivity index is 2.26. The van der Waals surface area contributed by atoms with Crippen LogP contribution in [0.1, 0.15) is 0 Å². The van der Waals surface area contributed by atoms with Crippen molar-refractivity contribution in [3.63, 3.8) is 0 Å². The van der Waals surface area contributed by atoms with Crippen LogP contribution in [0.3, 0.4) is 0 Å². The molecule has 0 saturated carbocycles. The van der Waals surface area contributed by atoms with Gasteiger partial charge in [0.05, 0.1) is 12.6 Å². The molecular formula is C15H13BrN2O. The minimum absolute atomic E-state index is 0.839. The molecule has 3 rings (SSSR count). The van der Waals surface area contributed by atoms with Crippen LogP contribution >= 0.6 is 15.9 Å². The van der Waals surface area contributed by atoms with Crippen LogP contribution < -0.4 is 4.74 Å². The quantitative estimate of drug-likeness (QED) is 0.714. The summed E-state index contributed by atoms with van der Waals surface area (Å²) in [4.78, 5) is 0. The third-order valence-corrected chi connectivity index (χ3v) is 3.65. The van der Waals surface area contributed by atoms with E-state index in [0.717, 1.165) is 32.4 Å². The van der Waals surface area contributed by atoms with Crippen molar-refractivity contribution in [3.05, 3.63) is 46.9 Å². The van der Waals surface area contributed by atoms with Crippen LogP contribution in [0.15, 0.2) is 46.9 Å². The number of rotatable bonds is 2. The highest BCUT2D eigenvalue weighted by molar-refractivity contribution is 9.10. The van der Waals surface area contributed by atoms with Crippen molar-refractivity contribution >= 4 is 26.8 Å². The molecule has 0 spiro atoms. The predicted molar refractivity (Wildman–Crippen MR) is 80.4 cm³/mol. The van der Waals surface area contributed by atoms with Gasteiger partial charge in [-0.2, -0.15) is 5.10 Å². The summed E-state index contributed by atoms with van der Waals surface area (Å²) in [5.74, 6) is 0.839. The maximum Gasteiger partial charge on any atom is 0.119 e. The molecular weight excluding hydrogens is 304 g/mol. The Kier molecular flexibility index (Phi) is 3.03. The van der Waals surface area contributed by atoms with Crippen LogP contribution in [-0.2, 0) is 7.05 Å². The van der Waals surface area contributed by atoms with E-state index in [4.69, 9.17) is 4.74 Å². The summed E-state index contributed by atoms with van der Waals surface area (Å²) < 4.78 is 8.23. The second-order valence-corrected chi connectivity index (χ2v) is 5.28. The highest BCUT2D eigenvalue weighted by Crippen LogP contribution is 2.31. The summed E-state index contributed by atoms with van der Waals surface area (Å²) in [6.07, 6.45) is 0. The number of aromatic nitrogens is 2. The molecule has 0 aliphatic carbocycles. The maximum absolute atomic E-state index is 5.28. The zero-order chi connectivity index (χ0) is 13.4. The number of nitrogens with zero attached hydrogens (tertiary/aromatic N) is 2. The van der Waals surface area contributed by atoms with E-state index >= 15 is 0 Å². The van der Waals surface area contributed by atoms with Gasteiger partial charge in [0.2, 0.25) is 0 Å². The first-order chi connectivity index (χ1) is 9.19.